The summed E-state index contributed by atoms with van der Waals surface area (Å²) in [6, 6.07) is 7.85. The summed E-state index contributed by atoms with van der Waals surface area (Å²) in [5.41, 5.74) is 2.04. The molecule has 1 N–H and O–H groups in total. The quantitative estimate of drug-likeness (QED) is 0.904. The van der Waals surface area contributed by atoms with Crippen molar-refractivity contribution in [2.24, 2.45) is 5.92 Å². The van der Waals surface area contributed by atoms with E-state index in [2.05, 4.69) is 24.3 Å². The molecule has 0 spiro atoms. The molecule has 2 atom stereocenters. The molecule has 6 nitrogen and oxygen atoms in total. The van der Waals surface area contributed by atoms with E-state index in [1.807, 2.05) is 24.3 Å². The minimum atomic E-state index is 0.00931. The summed E-state index contributed by atoms with van der Waals surface area (Å²) in [6.45, 7) is 5.65. The number of rotatable bonds is 5. The van der Waals surface area contributed by atoms with Crippen LogP contribution in [0.4, 0.5) is 0 Å². The minimum Gasteiger partial charge on any atom is -0.486 e. The van der Waals surface area contributed by atoms with Crippen LogP contribution in [0.5, 0.6) is 11.5 Å². The monoisotopic (exact) mass is 342 g/mol. The number of hydrogen-bond donors (Lipinski definition) is 1. The number of hydrogen-bond acceptors (Lipinski definition) is 5. The standard InChI is InChI=1S/C19H22N2O4/c1-11(2)16-8-13(25-21-16)10-20-19(22)15-9-14(15)12-3-4-17-18(7-12)24-6-5-23-17/h3-4,7-8,11,14-15H,5-6,9-10H2,1-2H3,(H,20,22). The van der Waals surface area contributed by atoms with Crippen LogP contribution in [0.3, 0.4) is 0 Å². The first kappa shape index (κ1) is 16.0. The Kier molecular flexibility index (Phi) is 4.11. The Morgan fingerprint density at radius 3 is 2.80 bits per heavy atom. The zero-order valence-electron chi connectivity index (χ0n) is 14.5. The number of aromatic nitrogens is 1. The molecular weight excluding hydrogens is 320 g/mol. The van der Waals surface area contributed by atoms with E-state index in [0.29, 0.717) is 31.4 Å². The van der Waals surface area contributed by atoms with Gasteiger partial charge in [0.1, 0.15) is 13.2 Å². The molecule has 1 amide bonds. The average molecular weight is 342 g/mol. The molecule has 4 rings (SSSR count). The number of ether oxygens (including phenoxy) is 2. The van der Waals surface area contributed by atoms with Crippen molar-refractivity contribution in [3.05, 3.63) is 41.3 Å². The number of fused-ring (bicyclic) bond motifs is 1. The normalized spacial score (nSPS) is 21.2. The van der Waals surface area contributed by atoms with Crippen LogP contribution in [0.15, 0.2) is 28.8 Å². The predicted octanol–water partition coefficient (Wildman–Crippen LogP) is 2.99. The number of benzene rings is 1. The molecule has 25 heavy (non-hydrogen) atoms. The SMILES string of the molecule is CC(C)c1cc(CNC(=O)C2CC2c2ccc3c(c2)OCCO3)on1. The van der Waals surface area contributed by atoms with E-state index in [9.17, 15) is 4.79 Å². The third-order valence-corrected chi connectivity index (χ3v) is 4.73. The van der Waals surface area contributed by atoms with Gasteiger partial charge in [0.2, 0.25) is 5.91 Å². The van der Waals surface area contributed by atoms with Crippen LogP contribution >= 0.6 is 0 Å². The fourth-order valence-corrected chi connectivity index (χ4v) is 3.13. The molecule has 1 aliphatic heterocycles. The highest BCUT2D eigenvalue weighted by atomic mass is 16.6. The highest BCUT2D eigenvalue weighted by Gasteiger charge is 2.44. The van der Waals surface area contributed by atoms with Crippen LogP contribution < -0.4 is 14.8 Å². The average Bonchev–Trinajstić information content (AvgIpc) is 3.28. The molecule has 1 aromatic carbocycles. The lowest BCUT2D eigenvalue weighted by molar-refractivity contribution is -0.122. The van der Waals surface area contributed by atoms with Crippen molar-refractivity contribution in [2.45, 2.75) is 38.6 Å². The van der Waals surface area contributed by atoms with Gasteiger partial charge in [-0.15, -0.1) is 0 Å². The van der Waals surface area contributed by atoms with Crippen molar-refractivity contribution >= 4 is 5.91 Å². The van der Waals surface area contributed by atoms with Crippen molar-refractivity contribution in [2.75, 3.05) is 13.2 Å². The van der Waals surface area contributed by atoms with Gasteiger partial charge in [-0.25, -0.2) is 0 Å². The molecule has 132 valence electrons. The Morgan fingerprint density at radius 1 is 1.24 bits per heavy atom. The third kappa shape index (κ3) is 3.34. The lowest BCUT2D eigenvalue weighted by Gasteiger charge is -2.18. The molecule has 2 aliphatic rings. The predicted molar refractivity (Wildman–Crippen MR) is 90.7 cm³/mol. The van der Waals surface area contributed by atoms with E-state index in [-0.39, 0.29) is 17.7 Å². The topological polar surface area (TPSA) is 73.6 Å². The van der Waals surface area contributed by atoms with Crippen LogP contribution in [0.1, 0.15) is 49.1 Å². The van der Waals surface area contributed by atoms with Crippen molar-refractivity contribution in [3.8, 4) is 11.5 Å². The highest BCUT2D eigenvalue weighted by molar-refractivity contribution is 5.82. The van der Waals surface area contributed by atoms with E-state index in [1.54, 1.807) is 0 Å². The fourth-order valence-electron chi connectivity index (χ4n) is 3.13. The van der Waals surface area contributed by atoms with Gasteiger partial charge >= 0.3 is 0 Å². The molecule has 2 unspecified atom stereocenters. The zero-order chi connectivity index (χ0) is 17.4. The summed E-state index contributed by atoms with van der Waals surface area (Å²) >= 11 is 0. The van der Waals surface area contributed by atoms with Crippen molar-refractivity contribution in [1.82, 2.24) is 10.5 Å². The fraction of sp³-hybridized carbons (Fsp3) is 0.474. The van der Waals surface area contributed by atoms with Crippen LogP contribution in [0, 0.1) is 5.92 Å². The highest BCUT2D eigenvalue weighted by Crippen LogP contribution is 2.49. The van der Waals surface area contributed by atoms with Crippen molar-refractivity contribution < 1.29 is 18.8 Å². The second kappa shape index (κ2) is 6.43. The summed E-state index contributed by atoms with van der Waals surface area (Å²) in [5, 5.41) is 6.95. The molecule has 0 saturated heterocycles. The number of nitrogens with one attached hydrogen (secondary N) is 1. The number of carbonyl (C=O) groups is 1. The molecule has 6 heteroatoms. The van der Waals surface area contributed by atoms with Crippen LogP contribution in [0.25, 0.3) is 0 Å². The van der Waals surface area contributed by atoms with Gasteiger partial charge in [-0.2, -0.15) is 0 Å². The lowest BCUT2D eigenvalue weighted by atomic mass is 10.1. The molecule has 0 radical (unpaired) electrons. The van der Waals surface area contributed by atoms with Crippen LogP contribution in [0.2, 0.25) is 0 Å². The van der Waals surface area contributed by atoms with Gasteiger partial charge in [-0.1, -0.05) is 25.1 Å². The summed E-state index contributed by atoms with van der Waals surface area (Å²) in [6.07, 6.45) is 0.860. The van der Waals surface area contributed by atoms with Gasteiger partial charge < -0.3 is 19.3 Å². The first-order valence-corrected chi connectivity index (χ1v) is 8.74. The number of carbonyl (C=O) groups excluding carboxylic acids is 1. The minimum absolute atomic E-state index is 0.00931. The van der Waals surface area contributed by atoms with Crippen LogP contribution in [-0.4, -0.2) is 24.3 Å². The largest absolute Gasteiger partial charge is 0.486 e. The first-order chi connectivity index (χ1) is 12.1. The summed E-state index contributed by atoms with van der Waals surface area (Å²) in [4.78, 5) is 12.4. The number of nitrogens with zero attached hydrogens (tertiary/aromatic N) is 1. The molecule has 1 aromatic heterocycles. The van der Waals surface area contributed by atoms with Crippen LogP contribution in [-0.2, 0) is 11.3 Å². The van der Waals surface area contributed by atoms with Gasteiger partial charge in [-0.3, -0.25) is 4.79 Å². The van der Waals surface area contributed by atoms with Gasteiger partial charge in [-0.05, 0) is 36.0 Å². The summed E-state index contributed by atoms with van der Waals surface area (Å²) in [5.74, 6) is 2.87. The molecular formula is C19H22N2O4. The Bertz CT molecular complexity index is 783. The van der Waals surface area contributed by atoms with E-state index in [1.165, 1.54) is 0 Å². The molecule has 2 aromatic rings. The van der Waals surface area contributed by atoms with E-state index in [4.69, 9.17) is 14.0 Å². The first-order valence-electron chi connectivity index (χ1n) is 8.74. The maximum Gasteiger partial charge on any atom is 0.224 e. The van der Waals surface area contributed by atoms with E-state index >= 15 is 0 Å². The maximum atomic E-state index is 12.4. The van der Waals surface area contributed by atoms with Gasteiger partial charge in [0.25, 0.3) is 0 Å². The van der Waals surface area contributed by atoms with Gasteiger partial charge in [0, 0.05) is 12.0 Å². The molecule has 1 saturated carbocycles. The van der Waals surface area contributed by atoms with E-state index in [0.717, 1.165) is 29.2 Å². The second-order valence-electron chi connectivity index (χ2n) is 6.94. The Balaban J connectivity index is 1.33. The van der Waals surface area contributed by atoms with Gasteiger partial charge in [0.05, 0.1) is 12.2 Å². The zero-order valence-corrected chi connectivity index (χ0v) is 14.5. The lowest BCUT2D eigenvalue weighted by Crippen LogP contribution is -2.24. The van der Waals surface area contributed by atoms with Crippen molar-refractivity contribution in [1.29, 1.82) is 0 Å². The summed E-state index contributed by atoms with van der Waals surface area (Å²) in [7, 11) is 0. The molecule has 1 aliphatic carbocycles. The van der Waals surface area contributed by atoms with Gasteiger partial charge in [0.15, 0.2) is 17.3 Å². The maximum absolute atomic E-state index is 12.4. The Labute approximate surface area is 146 Å². The smallest absolute Gasteiger partial charge is 0.224 e. The molecule has 1 fully saturated rings. The molecule has 2 heterocycles. The molecule has 0 bridgehead atoms. The van der Waals surface area contributed by atoms with E-state index < -0.39 is 0 Å². The summed E-state index contributed by atoms with van der Waals surface area (Å²) < 4.78 is 16.4. The second-order valence-corrected chi connectivity index (χ2v) is 6.94. The van der Waals surface area contributed by atoms with Crippen molar-refractivity contribution in [3.63, 3.8) is 0 Å². The Morgan fingerprint density at radius 2 is 2.04 bits per heavy atom. The number of amides is 1. The third-order valence-electron chi connectivity index (χ3n) is 4.73. The Hall–Kier alpha value is -2.50.